The van der Waals surface area contributed by atoms with Crippen molar-refractivity contribution in [3.8, 4) is 16.5 Å². The summed E-state index contributed by atoms with van der Waals surface area (Å²) in [5, 5.41) is 25.3. The Morgan fingerprint density at radius 3 is 2.65 bits per heavy atom. The molecule has 0 radical (unpaired) electrons. The molecule has 0 aliphatic carbocycles. The summed E-state index contributed by atoms with van der Waals surface area (Å²) < 4.78 is 14.1. The molecule has 0 bridgehead atoms. The van der Waals surface area contributed by atoms with Crippen LogP contribution in [0.2, 0.25) is 0 Å². The average Bonchev–Trinajstić information content (AvgIpc) is 3.15. The van der Waals surface area contributed by atoms with Crippen LogP contribution in [0.4, 0.5) is 10.1 Å². The smallest absolute Gasteiger partial charge is 0.255 e. The van der Waals surface area contributed by atoms with Crippen LogP contribution >= 0.6 is 11.3 Å². The van der Waals surface area contributed by atoms with Crippen LogP contribution in [0.25, 0.3) is 20.7 Å². The minimum absolute atomic E-state index is 0.0439. The largest absolute Gasteiger partial charge is 0.387 e. The van der Waals surface area contributed by atoms with Crippen LogP contribution in [-0.2, 0) is 0 Å². The van der Waals surface area contributed by atoms with Gasteiger partial charge in [-0.2, -0.15) is 5.26 Å². The number of halogens is 1. The Balaban J connectivity index is 1.98. The fraction of sp³-hybridized carbons (Fsp3) is 0.364. The molecule has 3 aromatic rings. The predicted molar refractivity (Wildman–Crippen MR) is 120 cm³/mol. The topological polar surface area (TPSA) is 111 Å². The molecule has 0 fully saturated rings. The number of rotatable bonds is 7. The van der Waals surface area contributed by atoms with Crippen molar-refractivity contribution >= 4 is 33.1 Å². The van der Waals surface area contributed by atoms with Crippen molar-refractivity contribution in [1.82, 2.24) is 15.3 Å². The number of carbonyl (C=O) groups is 1. The number of nitrogens with one attached hydrogen (secondary N) is 2. The van der Waals surface area contributed by atoms with Gasteiger partial charge in [0.25, 0.3) is 5.91 Å². The number of pyridine rings is 2. The number of hydrogen-bond donors (Lipinski definition) is 3. The highest BCUT2D eigenvalue weighted by Crippen LogP contribution is 2.37. The molecule has 0 aromatic carbocycles. The quantitative estimate of drug-likeness (QED) is 0.513. The van der Waals surface area contributed by atoms with Gasteiger partial charge in [-0.3, -0.25) is 4.79 Å². The van der Waals surface area contributed by atoms with Crippen molar-refractivity contribution in [2.24, 2.45) is 0 Å². The highest BCUT2D eigenvalue weighted by molar-refractivity contribution is 7.21. The first-order valence-corrected chi connectivity index (χ1v) is 10.6. The predicted octanol–water partition coefficient (Wildman–Crippen LogP) is 3.89. The molecule has 3 heterocycles. The van der Waals surface area contributed by atoms with Gasteiger partial charge in [0.1, 0.15) is 22.8 Å². The van der Waals surface area contributed by atoms with E-state index in [1.807, 2.05) is 32.0 Å². The summed E-state index contributed by atoms with van der Waals surface area (Å²) in [6, 6.07) is 7.43. The van der Waals surface area contributed by atoms with Crippen LogP contribution in [0.5, 0.6) is 0 Å². The lowest BCUT2D eigenvalue weighted by Crippen LogP contribution is -2.42. The molecule has 1 atom stereocenters. The van der Waals surface area contributed by atoms with E-state index in [1.54, 1.807) is 12.3 Å². The Morgan fingerprint density at radius 2 is 2.06 bits per heavy atom. The van der Waals surface area contributed by atoms with Crippen LogP contribution < -0.4 is 10.6 Å². The maximum atomic E-state index is 14.1. The molecule has 0 saturated carbocycles. The summed E-state index contributed by atoms with van der Waals surface area (Å²) in [4.78, 5) is 23.0. The second-order valence-corrected chi connectivity index (χ2v) is 9.08. The Kier molecular flexibility index (Phi) is 6.53. The highest BCUT2D eigenvalue weighted by Gasteiger charge is 2.27. The fourth-order valence-electron chi connectivity index (χ4n) is 2.88. The van der Waals surface area contributed by atoms with Gasteiger partial charge in [0.15, 0.2) is 0 Å². The van der Waals surface area contributed by atoms with E-state index in [-0.39, 0.29) is 12.6 Å². The molecule has 0 saturated heterocycles. The normalized spacial score (nSPS) is 12.6. The lowest BCUT2D eigenvalue weighted by molar-refractivity contribution is -0.00177. The third-order valence-corrected chi connectivity index (χ3v) is 5.70. The summed E-state index contributed by atoms with van der Waals surface area (Å²) in [5.41, 5.74) is 0.535. The van der Waals surface area contributed by atoms with Crippen LogP contribution in [0.15, 0.2) is 30.6 Å². The van der Waals surface area contributed by atoms with E-state index in [9.17, 15) is 14.3 Å². The first kappa shape index (κ1) is 22.6. The summed E-state index contributed by atoms with van der Waals surface area (Å²) in [6.45, 7) is 6.31. The van der Waals surface area contributed by atoms with Crippen LogP contribution in [0, 0.1) is 11.3 Å². The molecule has 0 aliphatic rings. The number of alkyl halides is 1. The molecule has 9 heteroatoms. The molecule has 0 aliphatic heterocycles. The minimum Gasteiger partial charge on any atom is -0.387 e. The van der Waals surface area contributed by atoms with Crippen molar-refractivity contribution in [2.45, 2.75) is 45.5 Å². The SMILES string of the molecule is CC(C)Nc1c(C(=O)NC[C@@H](F)C(C)(C)O)cnc2sc(-c3ccc(C#N)nc3)cc12. The molecule has 162 valence electrons. The van der Waals surface area contributed by atoms with Gasteiger partial charge in [-0.15, -0.1) is 11.3 Å². The van der Waals surface area contributed by atoms with Crippen LogP contribution in [0.3, 0.4) is 0 Å². The first-order valence-electron chi connectivity index (χ1n) is 9.80. The minimum atomic E-state index is -1.61. The third kappa shape index (κ3) is 5.16. The number of nitriles is 1. The van der Waals surface area contributed by atoms with E-state index in [4.69, 9.17) is 5.26 Å². The molecule has 7 nitrogen and oxygen atoms in total. The number of hydrogen-bond acceptors (Lipinski definition) is 7. The first-order chi connectivity index (χ1) is 14.6. The Bertz CT molecular complexity index is 1130. The van der Waals surface area contributed by atoms with Crippen molar-refractivity contribution < 1.29 is 14.3 Å². The lowest BCUT2D eigenvalue weighted by Gasteiger charge is -2.23. The van der Waals surface area contributed by atoms with Crippen molar-refractivity contribution in [2.75, 3.05) is 11.9 Å². The maximum Gasteiger partial charge on any atom is 0.255 e. The molecule has 31 heavy (non-hydrogen) atoms. The number of aromatic nitrogens is 2. The number of thiophene rings is 1. The lowest BCUT2D eigenvalue weighted by atomic mass is 10.0. The van der Waals surface area contributed by atoms with E-state index >= 15 is 0 Å². The third-order valence-electron chi connectivity index (χ3n) is 4.61. The summed E-state index contributed by atoms with van der Waals surface area (Å²) >= 11 is 1.45. The van der Waals surface area contributed by atoms with Gasteiger partial charge >= 0.3 is 0 Å². The number of aliphatic hydroxyl groups is 1. The van der Waals surface area contributed by atoms with E-state index < -0.39 is 17.7 Å². The second-order valence-electron chi connectivity index (χ2n) is 8.05. The number of fused-ring (bicyclic) bond motifs is 1. The van der Waals surface area contributed by atoms with Gasteiger partial charge in [0.2, 0.25) is 0 Å². The fourth-order valence-corrected chi connectivity index (χ4v) is 3.88. The zero-order valence-electron chi connectivity index (χ0n) is 17.7. The van der Waals surface area contributed by atoms with Gasteiger partial charge in [-0.05, 0) is 45.9 Å². The summed E-state index contributed by atoms with van der Waals surface area (Å²) in [6.07, 6.45) is 1.49. The standard InChI is InChI=1S/C22H24FN5O2S/c1-12(2)28-19-15-7-17(13-5-6-14(8-24)25-9-13)31-21(15)27-10-16(19)20(29)26-11-18(23)22(3,4)30/h5-7,9-10,12,18,30H,11H2,1-4H3,(H,26,29)(H,27,28)/t18-/m1/s1. The average molecular weight is 442 g/mol. The van der Waals surface area contributed by atoms with E-state index in [2.05, 4.69) is 20.6 Å². The maximum absolute atomic E-state index is 14.1. The number of nitrogens with zero attached hydrogens (tertiary/aromatic N) is 3. The molecule has 3 rings (SSSR count). The molecular weight excluding hydrogens is 417 g/mol. The van der Waals surface area contributed by atoms with Gasteiger partial charge < -0.3 is 15.7 Å². The highest BCUT2D eigenvalue weighted by atomic mass is 32.1. The Hall–Kier alpha value is -3.09. The second kappa shape index (κ2) is 8.96. The van der Waals surface area contributed by atoms with Crippen molar-refractivity contribution in [1.29, 1.82) is 5.26 Å². The van der Waals surface area contributed by atoms with Gasteiger partial charge in [-0.25, -0.2) is 14.4 Å². The molecule has 1 amide bonds. The summed E-state index contributed by atoms with van der Waals surface area (Å²) in [7, 11) is 0. The zero-order valence-corrected chi connectivity index (χ0v) is 18.5. The van der Waals surface area contributed by atoms with Crippen molar-refractivity contribution in [3.05, 3.63) is 41.9 Å². The van der Waals surface area contributed by atoms with Crippen molar-refractivity contribution in [3.63, 3.8) is 0 Å². The van der Waals surface area contributed by atoms with E-state index in [1.165, 1.54) is 31.4 Å². The van der Waals surface area contributed by atoms with Crippen LogP contribution in [-0.4, -0.2) is 45.3 Å². The zero-order chi connectivity index (χ0) is 22.8. The van der Waals surface area contributed by atoms with Gasteiger partial charge in [0.05, 0.1) is 23.4 Å². The molecule has 0 spiro atoms. The molecule has 3 N–H and O–H groups in total. The Morgan fingerprint density at radius 1 is 1.32 bits per heavy atom. The summed E-state index contributed by atoms with van der Waals surface area (Å²) in [5.74, 6) is -0.475. The number of carbonyl (C=O) groups excluding carboxylic acids is 1. The van der Waals surface area contributed by atoms with E-state index in [0.717, 1.165) is 20.7 Å². The molecular formula is C22H24FN5O2S. The monoisotopic (exact) mass is 441 g/mol. The Labute approximate surface area is 184 Å². The molecule has 3 aromatic heterocycles. The van der Waals surface area contributed by atoms with Gasteiger partial charge in [0, 0.05) is 34.3 Å². The van der Waals surface area contributed by atoms with Gasteiger partial charge in [-0.1, -0.05) is 0 Å². The number of amides is 1. The van der Waals surface area contributed by atoms with E-state index in [0.29, 0.717) is 16.9 Å². The number of anilines is 1. The molecule has 0 unspecified atom stereocenters. The van der Waals surface area contributed by atoms with Crippen LogP contribution in [0.1, 0.15) is 43.7 Å².